The van der Waals surface area contributed by atoms with Gasteiger partial charge in [-0.1, -0.05) is 26.7 Å². The maximum absolute atomic E-state index is 14.5. The molecule has 0 aromatic carbocycles. The van der Waals surface area contributed by atoms with Crippen LogP contribution in [-0.4, -0.2) is 18.8 Å². The van der Waals surface area contributed by atoms with Gasteiger partial charge in [-0.05, 0) is 38.6 Å². The number of hydrogen-bond acceptors (Lipinski definition) is 1. The molecule has 0 amide bonds. The highest BCUT2D eigenvalue weighted by Crippen LogP contribution is 2.34. The van der Waals surface area contributed by atoms with Gasteiger partial charge in [0.05, 0.1) is 0 Å². The minimum Gasteiger partial charge on any atom is -0.316 e. The van der Waals surface area contributed by atoms with E-state index in [4.69, 9.17) is 0 Å². The molecule has 1 heterocycles. The van der Waals surface area contributed by atoms with Crippen LogP contribution in [0.25, 0.3) is 0 Å². The quantitative estimate of drug-likeness (QED) is 0.739. The van der Waals surface area contributed by atoms with Crippen LogP contribution in [0.3, 0.4) is 0 Å². The van der Waals surface area contributed by atoms with Crippen molar-refractivity contribution in [1.29, 1.82) is 0 Å². The fraction of sp³-hybridized carbons (Fsp3) is 1.00. The van der Waals surface area contributed by atoms with E-state index in [-0.39, 0.29) is 5.92 Å². The molecule has 2 heteroatoms. The molecule has 0 bridgehead atoms. The summed E-state index contributed by atoms with van der Waals surface area (Å²) >= 11 is 0. The summed E-state index contributed by atoms with van der Waals surface area (Å²) in [6, 6.07) is 0. The van der Waals surface area contributed by atoms with Crippen molar-refractivity contribution in [2.75, 3.05) is 13.1 Å². The van der Waals surface area contributed by atoms with Gasteiger partial charge in [-0.25, -0.2) is 4.39 Å². The maximum atomic E-state index is 14.5. The van der Waals surface area contributed by atoms with Crippen LogP contribution in [-0.2, 0) is 0 Å². The Morgan fingerprint density at radius 3 is 2.80 bits per heavy atom. The normalized spacial score (nSPS) is 28.4. The van der Waals surface area contributed by atoms with Gasteiger partial charge in [0.2, 0.25) is 0 Å². The molecule has 15 heavy (non-hydrogen) atoms. The zero-order valence-electron chi connectivity index (χ0n) is 10.5. The Balaban J connectivity index is 2.41. The summed E-state index contributed by atoms with van der Waals surface area (Å²) in [4.78, 5) is 0. The average molecular weight is 215 g/mol. The van der Waals surface area contributed by atoms with Gasteiger partial charge in [-0.15, -0.1) is 0 Å². The molecule has 1 aliphatic rings. The molecular weight excluding hydrogens is 189 g/mol. The van der Waals surface area contributed by atoms with Crippen LogP contribution in [0.1, 0.15) is 52.9 Å². The van der Waals surface area contributed by atoms with Crippen molar-refractivity contribution in [3.63, 3.8) is 0 Å². The van der Waals surface area contributed by atoms with Crippen molar-refractivity contribution in [3.05, 3.63) is 0 Å². The Bertz CT molecular complexity index is 173. The molecule has 3 atom stereocenters. The zero-order valence-corrected chi connectivity index (χ0v) is 10.5. The smallest absolute Gasteiger partial charge is 0.112 e. The Labute approximate surface area is 93.8 Å². The molecular formula is C13H26FN. The Morgan fingerprint density at radius 2 is 2.27 bits per heavy atom. The van der Waals surface area contributed by atoms with Crippen LogP contribution in [0.15, 0.2) is 0 Å². The van der Waals surface area contributed by atoms with Crippen molar-refractivity contribution in [1.82, 2.24) is 5.32 Å². The van der Waals surface area contributed by atoms with Gasteiger partial charge in [-0.3, -0.25) is 0 Å². The predicted molar refractivity (Wildman–Crippen MR) is 63.8 cm³/mol. The fourth-order valence-corrected chi connectivity index (χ4v) is 2.81. The first-order chi connectivity index (χ1) is 7.06. The van der Waals surface area contributed by atoms with Gasteiger partial charge in [0.1, 0.15) is 5.67 Å². The number of hydrogen-bond donors (Lipinski definition) is 1. The first kappa shape index (κ1) is 13.0. The van der Waals surface area contributed by atoms with Gasteiger partial charge >= 0.3 is 0 Å². The highest BCUT2D eigenvalue weighted by atomic mass is 19.1. The number of halogens is 1. The minimum atomic E-state index is -0.970. The molecule has 90 valence electrons. The standard InChI is InChI=1S/C13H26FN/c1-4-6-11(2)9-13(3,14)12-7-5-8-15-10-12/h11-12,15H,4-10H2,1-3H3. The van der Waals surface area contributed by atoms with Crippen LogP contribution >= 0.6 is 0 Å². The summed E-state index contributed by atoms with van der Waals surface area (Å²) in [5.74, 6) is 0.748. The first-order valence-electron chi connectivity index (χ1n) is 6.46. The van der Waals surface area contributed by atoms with Gasteiger partial charge in [0, 0.05) is 12.5 Å². The van der Waals surface area contributed by atoms with Crippen molar-refractivity contribution in [3.8, 4) is 0 Å². The largest absolute Gasteiger partial charge is 0.316 e. The second kappa shape index (κ2) is 5.83. The molecule has 1 N–H and O–H groups in total. The predicted octanol–water partition coefficient (Wildman–Crippen LogP) is 3.54. The van der Waals surface area contributed by atoms with E-state index in [0.29, 0.717) is 5.92 Å². The van der Waals surface area contributed by atoms with E-state index in [0.717, 1.165) is 38.8 Å². The summed E-state index contributed by atoms with van der Waals surface area (Å²) in [6.45, 7) is 8.09. The highest BCUT2D eigenvalue weighted by molar-refractivity contribution is 4.87. The monoisotopic (exact) mass is 215 g/mol. The SMILES string of the molecule is CCCC(C)CC(C)(F)C1CCCNC1. The molecule has 3 unspecified atom stereocenters. The fourth-order valence-electron chi connectivity index (χ4n) is 2.81. The summed E-state index contributed by atoms with van der Waals surface area (Å²) in [6.07, 6.45) is 5.23. The summed E-state index contributed by atoms with van der Waals surface area (Å²) in [5.41, 5.74) is -0.970. The van der Waals surface area contributed by atoms with E-state index in [1.165, 1.54) is 6.42 Å². The van der Waals surface area contributed by atoms with Gasteiger partial charge in [0.25, 0.3) is 0 Å². The molecule has 0 aromatic rings. The van der Waals surface area contributed by atoms with E-state index in [2.05, 4.69) is 19.2 Å². The summed E-state index contributed by atoms with van der Waals surface area (Å²) in [7, 11) is 0. The highest BCUT2D eigenvalue weighted by Gasteiger charge is 2.35. The molecule has 1 rings (SSSR count). The molecule has 0 radical (unpaired) electrons. The van der Waals surface area contributed by atoms with Gasteiger partial charge in [0.15, 0.2) is 0 Å². The van der Waals surface area contributed by atoms with Gasteiger partial charge < -0.3 is 5.32 Å². The third kappa shape index (κ3) is 4.10. The van der Waals surface area contributed by atoms with Crippen LogP contribution < -0.4 is 5.32 Å². The van der Waals surface area contributed by atoms with Crippen molar-refractivity contribution >= 4 is 0 Å². The Kier molecular flexibility index (Phi) is 5.04. The lowest BCUT2D eigenvalue weighted by atomic mass is 9.79. The van der Waals surface area contributed by atoms with Gasteiger partial charge in [-0.2, -0.15) is 0 Å². The number of piperidine rings is 1. The summed E-state index contributed by atoms with van der Waals surface area (Å²) < 4.78 is 14.5. The Hall–Kier alpha value is -0.110. The second-order valence-corrected chi connectivity index (χ2v) is 5.42. The lowest BCUT2D eigenvalue weighted by Gasteiger charge is -2.35. The second-order valence-electron chi connectivity index (χ2n) is 5.42. The van der Waals surface area contributed by atoms with Crippen molar-refractivity contribution in [2.24, 2.45) is 11.8 Å². The third-order valence-corrected chi connectivity index (χ3v) is 3.68. The molecule has 1 nitrogen and oxygen atoms in total. The van der Waals surface area contributed by atoms with E-state index >= 15 is 0 Å². The lowest BCUT2D eigenvalue weighted by Crippen LogP contribution is -2.42. The van der Waals surface area contributed by atoms with E-state index < -0.39 is 5.67 Å². The lowest BCUT2D eigenvalue weighted by molar-refractivity contribution is 0.0568. The molecule has 1 fully saturated rings. The van der Waals surface area contributed by atoms with E-state index in [9.17, 15) is 4.39 Å². The van der Waals surface area contributed by atoms with Crippen LogP contribution in [0.2, 0.25) is 0 Å². The molecule has 1 aliphatic heterocycles. The minimum absolute atomic E-state index is 0.227. The summed E-state index contributed by atoms with van der Waals surface area (Å²) in [5, 5.41) is 3.31. The van der Waals surface area contributed by atoms with Crippen LogP contribution in [0.4, 0.5) is 4.39 Å². The Morgan fingerprint density at radius 1 is 1.53 bits per heavy atom. The average Bonchev–Trinajstić information content (AvgIpc) is 2.18. The van der Waals surface area contributed by atoms with Crippen molar-refractivity contribution < 1.29 is 4.39 Å². The van der Waals surface area contributed by atoms with E-state index in [1.54, 1.807) is 6.92 Å². The topological polar surface area (TPSA) is 12.0 Å². The number of alkyl halides is 1. The number of rotatable bonds is 5. The number of nitrogens with one attached hydrogen (secondary N) is 1. The molecule has 0 aliphatic carbocycles. The maximum Gasteiger partial charge on any atom is 0.112 e. The van der Waals surface area contributed by atoms with Crippen molar-refractivity contribution in [2.45, 2.75) is 58.5 Å². The molecule has 0 saturated carbocycles. The van der Waals surface area contributed by atoms with Crippen LogP contribution in [0.5, 0.6) is 0 Å². The molecule has 0 aromatic heterocycles. The molecule has 0 spiro atoms. The zero-order chi connectivity index (χ0) is 11.3. The first-order valence-corrected chi connectivity index (χ1v) is 6.46. The van der Waals surface area contributed by atoms with Crippen LogP contribution in [0, 0.1) is 11.8 Å². The molecule has 1 saturated heterocycles. The van der Waals surface area contributed by atoms with E-state index in [1.807, 2.05) is 0 Å². The third-order valence-electron chi connectivity index (χ3n) is 3.68.